The summed E-state index contributed by atoms with van der Waals surface area (Å²) in [4.78, 5) is 17.0. The number of benzene rings is 1. The topological polar surface area (TPSA) is 51.2 Å². The molecule has 0 spiro atoms. The van der Waals surface area contributed by atoms with Crippen molar-refractivity contribution in [1.29, 1.82) is 0 Å². The molecule has 1 amide bonds. The van der Waals surface area contributed by atoms with Gasteiger partial charge in [0.25, 0.3) is 5.91 Å². The predicted molar refractivity (Wildman–Crippen MR) is 73.7 cm³/mol. The molecule has 2 heterocycles. The van der Waals surface area contributed by atoms with Crippen LogP contribution in [0.25, 0.3) is 0 Å². The Labute approximate surface area is 115 Å². The lowest BCUT2D eigenvalue weighted by molar-refractivity contribution is 0.0946. The molecule has 5 heteroatoms. The van der Waals surface area contributed by atoms with Gasteiger partial charge in [0.2, 0.25) is 0 Å². The van der Waals surface area contributed by atoms with Gasteiger partial charge in [-0.3, -0.25) is 4.79 Å². The maximum absolute atomic E-state index is 11.6. The Morgan fingerprint density at radius 1 is 1.47 bits per heavy atom. The van der Waals surface area contributed by atoms with Gasteiger partial charge >= 0.3 is 0 Å². The monoisotopic (exact) mass is 274 g/mol. The molecule has 0 saturated heterocycles. The van der Waals surface area contributed by atoms with E-state index in [1.165, 1.54) is 0 Å². The highest BCUT2D eigenvalue weighted by Gasteiger charge is 2.16. The van der Waals surface area contributed by atoms with E-state index >= 15 is 0 Å². The second-order valence-corrected chi connectivity index (χ2v) is 5.41. The van der Waals surface area contributed by atoms with Crippen molar-refractivity contribution < 1.29 is 9.53 Å². The zero-order valence-corrected chi connectivity index (χ0v) is 11.4. The van der Waals surface area contributed by atoms with Gasteiger partial charge in [-0.1, -0.05) is 0 Å². The summed E-state index contributed by atoms with van der Waals surface area (Å²) < 4.78 is 5.77. The van der Waals surface area contributed by atoms with Crippen molar-refractivity contribution in [1.82, 2.24) is 10.3 Å². The molecular formula is C14H14N2O2S. The fourth-order valence-corrected chi connectivity index (χ4v) is 2.80. The molecule has 1 aliphatic heterocycles. The van der Waals surface area contributed by atoms with Crippen LogP contribution in [0.4, 0.5) is 0 Å². The third kappa shape index (κ3) is 2.46. The molecule has 0 radical (unpaired) electrons. The number of aryl methyl sites for hydroxylation is 1. The number of hydrogen-bond donors (Lipinski definition) is 1. The minimum Gasteiger partial charge on any atom is -0.488 e. The summed E-state index contributed by atoms with van der Waals surface area (Å²) in [5.74, 6) is 0.812. The van der Waals surface area contributed by atoms with Gasteiger partial charge in [0.1, 0.15) is 12.4 Å². The smallest absolute Gasteiger partial charge is 0.251 e. The molecule has 0 unspecified atom stereocenters. The van der Waals surface area contributed by atoms with Gasteiger partial charge in [-0.25, -0.2) is 4.98 Å². The number of amides is 1. The minimum atomic E-state index is 0.00565. The van der Waals surface area contributed by atoms with E-state index in [4.69, 9.17) is 4.74 Å². The minimum absolute atomic E-state index is 0.00565. The molecule has 1 N–H and O–H groups in total. The molecule has 0 atom stereocenters. The first-order valence-corrected chi connectivity index (χ1v) is 7.05. The van der Waals surface area contributed by atoms with Crippen molar-refractivity contribution in [3.05, 3.63) is 45.4 Å². The number of nitrogens with one attached hydrogen (secondary N) is 1. The van der Waals surface area contributed by atoms with Crippen LogP contribution in [0.15, 0.2) is 23.7 Å². The summed E-state index contributed by atoms with van der Waals surface area (Å²) in [6.45, 7) is 3.21. The summed E-state index contributed by atoms with van der Waals surface area (Å²) in [5, 5.41) is 2.83. The Morgan fingerprint density at radius 2 is 2.37 bits per heavy atom. The second-order valence-electron chi connectivity index (χ2n) is 4.47. The van der Waals surface area contributed by atoms with Crippen molar-refractivity contribution in [3.63, 3.8) is 0 Å². The first-order valence-electron chi connectivity index (χ1n) is 6.17. The van der Waals surface area contributed by atoms with Crippen LogP contribution in [0.5, 0.6) is 5.75 Å². The highest BCUT2D eigenvalue weighted by molar-refractivity contribution is 7.09. The quantitative estimate of drug-likeness (QED) is 0.934. The molecule has 1 aliphatic rings. The van der Waals surface area contributed by atoms with E-state index < -0.39 is 0 Å². The molecular weight excluding hydrogens is 260 g/mol. The molecule has 0 saturated carbocycles. The van der Waals surface area contributed by atoms with Crippen molar-refractivity contribution >= 4 is 17.2 Å². The van der Waals surface area contributed by atoms with Crippen LogP contribution in [0.2, 0.25) is 0 Å². The molecule has 2 aromatic rings. The van der Waals surface area contributed by atoms with Crippen LogP contribution < -0.4 is 10.1 Å². The van der Waals surface area contributed by atoms with Crippen LogP contribution >= 0.6 is 11.3 Å². The van der Waals surface area contributed by atoms with Crippen LogP contribution in [0, 0.1) is 6.92 Å². The van der Waals surface area contributed by atoms with Crippen molar-refractivity contribution in [2.75, 3.05) is 6.54 Å². The fourth-order valence-electron chi connectivity index (χ4n) is 2.11. The van der Waals surface area contributed by atoms with Crippen molar-refractivity contribution in [3.8, 4) is 5.75 Å². The van der Waals surface area contributed by atoms with Crippen LogP contribution in [0.3, 0.4) is 0 Å². The number of ether oxygens (including phenoxy) is 1. The van der Waals surface area contributed by atoms with E-state index in [0.717, 1.165) is 33.9 Å². The third-order valence-electron chi connectivity index (χ3n) is 3.22. The summed E-state index contributed by atoms with van der Waals surface area (Å²) in [7, 11) is 0. The molecule has 98 valence electrons. The summed E-state index contributed by atoms with van der Waals surface area (Å²) >= 11 is 1.60. The first-order chi connectivity index (χ1) is 9.24. The Bertz CT molecular complexity index is 622. The van der Waals surface area contributed by atoms with Gasteiger partial charge in [0.15, 0.2) is 0 Å². The van der Waals surface area contributed by atoms with E-state index in [-0.39, 0.29) is 5.91 Å². The maximum Gasteiger partial charge on any atom is 0.251 e. The normalized spacial score (nSPS) is 13.8. The standard InChI is InChI=1S/C14H14N2O2S/c1-9-13(19-8-16-9)7-18-11-2-3-12-10(6-11)4-5-15-14(12)17/h2-3,6,8H,4-5,7H2,1H3,(H,15,17). The average Bonchev–Trinajstić information content (AvgIpc) is 2.82. The van der Waals surface area contributed by atoms with Gasteiger partial charge in [0.05, 0.1) is 16.1 Å². The first kappa shape index (κ1) is 12.2. The number of nitrogens with zero attached hydrogens (tertiary/aromatic N) is 1. The Kier molecular flexibility index (Phi) is 3.21. The summed E-state index contributed by atoms with van der Waals surface area (Å²) in [6, 6.07) is 5.64. The van der Waals surface area contributed by atoms with E-state index in [2.05, 4.69) is 10.3 Å². The largest absolute Gasteiger partial charge is 0.488 e. The number of carbonyl (C=O) groups excluding carboxylic acids is 1. The van der Waals surface area contributed by atoms with Crippen molar-refractivity contribution in [2.45, 2.75) is 20.0 Å². The van der Waals surface area contributed by atoms with Crippen LogP contribution in [0.1, 0.15) is 26.5 Å². The van der Waals surface area contributed by atoms with Gasteiger partial charge in [0, 0.05) is 12.1 Å². The summed E-state index contributed by atoms with van der Waals surface area (Å²) in [6.07, 6.45) is 0.859. The van der Waals surface area contributed by atoms with Crippen LogP contribution in [-0.4, -0.2) is 17.4 Å². The van der Waals surface area contributed by atoms with Gasteiger partial charge in [-0.15, -0.1) is 11.3 Å². The van der Waals surface area contributed by atoms with Gasteiger partial charge < -0.3 is 10.1 Å². The zero-order valence-electron chi connectivity index (χ0n) is 10.6. The van der Waals surface area contributed by atoms with E-state index in [9.17, 15) is 4.79 Å². The average molecular weight is 274 g/mol. The Balaban J connectivity index is 1.76. The van der Waals surface area contributed by atoms with E-state index in [1.54, 1.807) is 11.3 Å². The molecule has 4 nitrogen and oxygen atoms in total. The Morgan fingerprint density at radius 3 is 3.16 bits per heavy atom. The molecule has 0 aliphatic carbocycles. The highest BCUT2D eigenvalue weighted by Crippen LogP contribution is 2.22. The summed E-state index contributed by atoms with van der Waals surface area (Å²) in [5.41, 5.74) is 4.66. The van der Waals surface area contributed by atoms with E-state index in [1.807, 2.05) is 30.6 Å². The lowest BCUT2D eigenvalue weighted by atomic mass is 10.0. The molecule has 0 fully saturated rings. The number of rotatable bonds is 3. The van der Waals surface area contributed by atoms with Gasteiger partial charge in [-0.2, -0.15) is 0 Å². The van der Waals surface area contributed by atoms with E-state index in [0.29, 0.717) is 13.2 Å². The number of fused-ring (bicyclic) bond motifs is 1. The molecule has 3 rings (SSSR count). The number of carbonyl (C=O) groups is 1. The highest BCUT2D eigenvalue weighted by atomic mass is 32.1. The molecule has 1 aromatic carbocycles. The second kappa shape index (κ2) is 5.01. The number of aromatic nitrogens is 1. The third-order valence-corrected chi connectivity index (χ3v) is 4.12. The SMILES string of the molecule is Cc1ncsc1COc1ccc2c(c1)CCNC2=O. The number of hydrogen-bond acceptors (Lipinski definition) is 4. The zero-order chi connectivity index (χ0) is 13.2. The fraction of sp³-hybridized carbons (Fsp3) is 0.286. The molecule has 1 aromatic heterocycles. The molecule has 19 heavy (non-hydrogen) atoms. The predicted octanol–water partition coefficient (Wildman–Crippen LogP) is 2.32. The van der Waals surface area contributed by atoms with Crippen molar-refractivity contribution in [2.24, 2.45) is 0 Å². The maximum atomic E-state index is 11.6. The molecule has 0 bridgehead atoms. The lowest BCUT2D eigenvalue weighted by Crippen LogP contribution is -2.31. The lowest BCUT2D eigenvalue weighted by Gasteiger charge is -2.17. The van der Waals surface area contributed by atoms with Crippen LogP contribution in [-0.2, 0) is 13.0 Å². The Hall–Kier alpha value is -1.88. The number of thiazole rings is 1. The van der Waals surface area contributed by atoms with Gasteiger partial charge in [-0.05, 0) is 37.1 Å².